The van der Waals surface area contributed by atoms with Crippen molar-refractivity contribution in [2.24, 2.45) is 23.3 Å². The van der Waals surface area contributed by atoms with E-state index in [0.29, 0.717) is 25.2 Å². The summed E-state index contributed by atoms with van der Waals surface area (Å²) in [5, 5.41) is 50.2. The molecular formula is C54H92N10O11. The number of aliphatic hydroxyl groups is 2. The fourth-order valence-corrected chi connectivity index (χ4v) is 10.3. The van der Waals surface area contributed by atoms with Gasteiger partial charge in [-0.25, -0.2) is 0 Å². The van der Waals surface area contributed by atoms with E-state index in [1.807, 2.05) is 0 Å². The van der Waals surface area contributed by atoms with Gasteiger partial charge in [-0.1, -0.05) is 84.8 Å². The second kappa shape index (κ2) is 33.3. The first-order chi connectivity index (χ1) is 36.0. The molecule has 7 amide bonds. The summed E-state index contributed by atoms with van der Waals surface area (Å²) in [5.74, 6) is -3.14. The Kier molecular flexibility index (Phi) is 27.8. The van der Waals surface area contributed by atoms with Gasteiger partial charge < -0.3 is 67.9 Å². The maximum Gasteiger partial charge on any atom is 0.246 e. The third-order valence-corrected chi connectivity index (χ3v) is 14.9. The van der Waals surface area contributed by atoms with Crippen LogP contribution < -0.4 is 43.4 Å². The zero-order chi connectivity index (χ0) is 54.9. The minimum absolute atomic E-state index is 0.0154. The summed E-state index contributed by atoms with van der Waals surface area (Å²) in [6, 6.07) is -1.14. The lowest BCUT2D eigenvalue weighted by molar-refractivity contribution is -0.144. The monoisotopic (exact) mass is 1060 g/mol. The first kappa shape index (κ1) is 62.6. The first-order valence-corrected chi connectivity index (χ1v) is 28.0. The lowest BCUT2D eigenvalue weighted by Gasteiger charge is -2.33. The molecule has 8 unspecified atom stereocenters. The van der Waals surface area contributed by atoms with Crippen LogP contribution in [0.3, 0.4) is 0 Å². The number of nitrogens with two attached hydrogens (primary N) is 2. The maximum atomic E-state index is 14.6. The normalized spacial score (nSPS) is 26.3. The number of aromatic hydroxyl groups is 1. The van der Waals surface area contributed by atoms with E-state index >= 15 is 0 Å². The predicted molar refractivity (Wildman–Crippen MR) is 284 cm³/mol. The van der Waals surface area contributed by atoms with Crippen LogP contribution in [0.1, 0.15) is 149 Å². The van der Waals surface area contributed by atoms with Gasteiger partial charge in [-0.2, -0.15) is 0 Å². The Labute approximate surface area is 444 Å². The second-order valence-electron chi connectivity index (χ2n) is 21.0. The highest BCUT2D eigenvalue weighted by Gasteiger charge is 2.45. The molecule has 0 radical (unpaired) electrons. The van der Waals surface area contributed by atoms with Gasteiger partial charge in [0.25, 0.3) is 0 Å². The van der Waals surface area contributed by atoms with Crippen molar-refractivity contribution in [1.29, 1.82) is 0 Å². The number of nitrogens with zero attached hydrogens (tertiary/aromatic N) is 2. The number of aryl methyl sites for hydroxylation is 1. The molecule has 75 heavy (non-hydrogen) atoms. The standard InChI is InChI=1S/C54H92N10O11/c1-5-35(3)33-36(4)15-11-9-7-8-10-12-18-46(68)58-42-34-45(67)48(57-28-32-75-31-27-56)62-52(72)47-44(66)25-30-64(47)54(74)41(16-13-26-55)61-49(69)40(24-21-37-19-22-38(65)23-20-37)60-51(71)43-17-14-29-63(43)53(73)39(6-2)59-50(42)70/h19-20,22-23,35-36,39-45,47-48,57,65-67H,5-18,21,24-34,55-56H2,1-4H3,(H,58,68)(H,59,70)(H,60,71)(H,61,69)(H,62,72)/t35?,36?,39?,40?,41?,42-,43?,44-,45+,47?,48?/m0/s1. The molecule has 424 valence electrons. The van der Waals surface area contributed by atoms with Crippen LogP contribution >= 0.6 is 0 Å². The van der Waals surface area contributed by atoms with Crippen LogP contribution in [0.2, 0.25) is 0 Å². The van der Waals surface area contributed by atoms with Gasteiger partial charge in [-0.15, -0.1) is 0 Å². The number of hydrogen-bond acceptors (Lipinski definition) is 14. The summed E-state index contributed by atoms with van der Waals surface area (Å²) in [4.78, 5) is 103. The first-order valence-electron chi connectivity index (χ1n) is 28.0. The zero-order valence-corrected chi connectivity index (χ0v) is 45.2. The number of ether oxygens (including phenoxy) is 1. The highest BCUT2D eigenvalue weighted by Crippen LogP contribution is 2.24. The molecule has 21 nitrogen and oxygen atoms in total. The molecule has 13 N–H and O–H groups in total. The number of fused-ring (bicyclic) bond motifs is 2. The van der Waals surface area contributed by atoms with Crippen LogP contribution in [-0.4, -0.2) is 167 Å². The molecule has 4 rings (SSSR count). The van der Waals surface area contributed by atoms with Crippen LogP contribution in [0.15, 0.2) is 24.3 Å². The van der Waals surface area contributed by atoms with Crippen molar-refractivity contribution in [2.45, 2.75) is 204 Å². The van der Waals surface area contributed by atoms with Crippen molar-refractivity contribution >= 4 is 41.4 Å². The molecule has 11 atom stereocenters. The third-order valence-electron chi connectivity index (χ3n) is 14.9. The highest BCUT2D eigenvalue weighted by atomic mass is 16.5. The summed E-state index contributed by atoms with van der Waals surface area (Å²) in [5.41, 5.74) is 12.3. The minimum Gasteiger partial charge on any atom is -0.508 e. The second-order valence-corrected chi connectivity index (χ2v) is 21.0. The molecule has 1 aromatic rings. The van der Waals surface area contributed by atoms with Crippen LogP contribution in [0.25, 0.3) is 0 Å². The minimum atomic E-state index is -1.58. The fraction of sp³-hybridized carbons (Fsp3) is 0.759. The summed E-state index contributed by atoms with van der Waals surface area (Å²) in [7, 11) is 0. The number of phenols is 1. The summed E-state index contributed by atoms with van der Waals surface area (Å²) in [6.45, 7) is 9.50. The molecule has 0 aliphatic carbocycles. The summed E-state index contributed by atoms with van der Waals surface area (Å²) in [6.07, 6.45) is 6.20. The average molecular weight is 1060 g/mol. The highest BCUT2D eigenvalue weighted by molar-refractivity contribution is 5.97. The number of benzene rings is 1. The van der Waals surface area contributed by atoms with Crippen molar-refractivity contribution in [2.75, 3.05) is 45.9 Å². The van der Waals surface area contributed by atoms with Gasteiger partial charge in [0.2, 0.25) is 41.4 Å². The van der Waals surface area contributed by atoms with Crippen LogP contribution in [0.5, 0.6) is 5.75 Å². The molecule has 3 fully saturated rings. The molecule has 3 aliphatic heterocycles. The van der Waals surface area contributed by atoms with Crippen molar-refractivity contribution in [3.05, 3.63) is 29.8 Å². The van der Waals surface area contributed by atoms with E-state index < -0.39 is 102 Å². The van der Waals surface area contributed by atoms with Gasteiger partial charge in [0.05, 0.1) is 25.4 Å². The molecule has 3 heterocycles. The van der Waals surface area contributed by atoms with E-state index in [1.54, 1.807) is 19.1 Å². The largest absolute Gasteiger partial charge is 0.508 e. The summed E-state index contributed by atoms with van der Waals surface area (Å²) >= 11 is 0. The van der Waals surface area contributed by atoms with Crippen molar-refractivity contribution in [1.82, 2.24) is 41.7 Å². The molecule has 1 aromatic carbocycles. The Morgan fingerprint density at radius 3 is 2.11 bits per heavy atom. The van der Waals surface area contributed by atoms with Gasteiger partial charge in [-0.3, -0.25) is 38.9 Å². The van der Waals surface area contributed by atoms with E-state index in [-0.39, 0.29) is 96.6 Å². The van der Waals surface area contributed by atoms with Crippen LogP contribution in [0, 0.1) is 11.8 Å². The number of aliphatic hydroxyl groups excluding tert-OH is 2. The molecule has 0 aromatic heterocycles. The fourth-order valence-electron chi connectivity index (χ4n) is 10.3. The van der Waals surface area contributed by atoms with Gasteiger partial charge in [0.1, 0.15) is 48.2 Å². The average Bonchev–Trinajstić information content (AvgIpc) is 4.05. The number of rotatable bonds is 26. The lowest BCUT2D eigenvalue weighted by Crippen LogP contribution is -2.62. The van der Waals surface area contributed by atoms with E-state index in [2.05, 4.69) is 52.7 Å². The Morgan fingerprint density at radius 1 is 0.733 bits per heavy atom. The Morgan fingerprint density at radius 2 is 1.41 bits per heavy atom. The van der Waals surface area contributed by atoms with E-state index in [0.717, 1.165) is 43.6 Å². The topological polar surface area (TPSA) is 320 Å². The van der Waals surface area contributed by atoms with E-state index in [4.69, 9.17) is 16.2 Å². The Hall–Kier alpha value is -4.93. The zero-order valence-electron chi connectivity index (χ0n) is 45.2. The smallest absolute Gasteiger partial charge is 0.246 e. The molecule has 0 bridgehead atoms. The number of carbonyl (C=O) groups excluding carboxylic acids is 7. The molecule has 0 saturated carbocycles. The SMILES string of the molecule is CCC(C)CC(C)CCCCCCCCC(=O)N[C@H]1C[C@@H](O)C(NCCOCCN)NC(=O)C2[C@@H](O)CCN2C(=O)C(CCCN)NC(=O)C(CCc2ccc(O)cc2)NC(=O)C2CCCN2C(=O)C(CC)NC1=O. The van der Waals surface area contributed by atoms with Crippen molar-refractivity contribution in [3.63, 3.8) is 0 Å². The van der Waals surface area contributed by atoms with Crippen molar-refractivity contribution in [3.8, 4) is 5.75 Å². The number of hydrogen-bond donors (Lipinski definition) is 11. The molecular weight excluding hydrogens is 965 g/mol. The Bertz CT molecular complexity index is 1950. The molecule has 0 spiro atoms. The Balaban J connectivity index is 1.65. The molecule has 3 saturated heterocycles. The molecule has 3 aliphatic rings. The van der Waals surface area contributed by atoms with Crippen LogP contribution in [-0.2, 0) is 44.7 Å². The number of carbonyl (C=O) groups is 7. The third kappa shape index (κ3) is 20.5. The number of phenolic OH excluding ortho intramolecular Hbond substituents is 1. The van der Waals surface area contributed by atoms with Crippen LogP contribution in [0.4, 0.5) is 0 Å². The maximum absolute atomic E-state index is 14.6. The van der Waals surface area contributed by atoms with E-state index in [1.165, 1.54) is 41.2 Å². The van der Waals surface area contributed by atoms with Gasteiger partial charge in [-0.05, 0) is 100 Å². The van der Waals surface area contributed by atoms with Gasteiger partial charge in [0, 0.05) is 39.0 Å². The predicted octanol–water partition coefficient (Wildman–Crippen LogP) is 1.33. The number of unbranched alkanes of at least 4 members (excludes halogenated alkanes) is 5. The number of nitrogens with one attached hydrogen (secondary N) is 6. The summed E-state index contributed by atoms with van der Waals surface area (Å²) < 4.78 is 5.53. The van der Waals surface area contributed by atoms with Gasteiger partial charge >= 0.3 is 0 Å². The number of amides is 7. The van der Waals surface area contributed by atoms with Crippen molar-refractivity contribution < 1.29 is 53.6 Å². The van der Waals surface area contributed by atoms with E-state index in [9.17, 15) is 48.9 Å². The quantitative estimate of drug-likeness (QED) is 0.0584. The molecule has 21 heteroatoms. The van der Waals surface area contributed by atoms with Gasteiger partial charge in [0.15, 0.2) is 0 Å². The lowest BCUT2D eigenvalue weighted by atomic mass is 9.91.